The van der Waals surface area contributed by atoms with Crippen molar-refractivity contribution in [3.05, 3.63) is 68.4 Å². The van der Waals surface area contributed by atoms with Gasteiger partial charge in [-0.2, -0.15) is 0 Å². The lowest BCUT2D eigenvalue weighted by molar-refractivity contribution is -0.124. The van der Waals surface area contributed by atoms with Crippen molar-refractivity contribution in [3.8, 4) is 0 Å². The highest BCUT2D eigenvalue weighted by molar-refractivity contribution is 7.99. The second-order valence-corrected chi connectivity index (χ2v) is 10.7. The average Bonchev–Trinajstić information content (AvgIpc) is 3.32. The van der Waals surface area contributed by atoms with E-state index >= 15 is 0 Å². The number of carbonyl (C=O) groups is 1. The van der Waals surface area contributed by atoms with E-state index in [0.717, 1.165) is 28.0 Å². The molecule has 5 rings (SSSR count). The molecule has 5 nitrogen and oxygen atoms in total. The first kappa shape index (κ1) is 22.0. The van der Waals surface area contributed by atoms with Crippen molar-refractivity contribution in [2.24, 2.45) is 4.40 Å². The Kier molecular flexibility index (Phi) is 5.44. The van der Waals surface area contributed by atoms with Crippen LogP contribution in [0.5, 0.6) is 0 Å². The second kappa shape index (κ2) is 7.90. The van der Waals surface area contributed by atoms with Gasteiger partial charge in [0.2, 0.25) is 0 Å². The molecule has 32 heavy (non-hydrogen) atoms. The number of fused-ring (bicyclic) bond motifs is 2. The molecule has 2 aromatic rings. The van der Waals surface area contributed by atoms with Gasteiger partial charge in [0, 0.05) is 13.0 Å². The topological polar surface area (TPSA) is 53.9 Å². The maximum Gasteiger partial charge on any atom is 0.317 e. The van der Waals surface area contributed by atoms with E-state index in [1.165, 1.54) is 11.9 Å². The lowest BCUT2D eigenvalue weighted by Crippen LogP contribution is -2.63. The molecule has 168 valence electrons. The van der Waals surface area contributed by atoms with E-state index in [1.54, 1.807) is 17.0 Å². The summed E-state index contributed by atoms with van der Waals surface area (Å²) in [5.41, 5.74) is 4.73. The highest BCUT2D eigenvalue weighted by Crippen LogP contribution is 2.49. The standard InChI is InChI=1S/C23H22Cl2FN3O2S/c1-3-27-21(30)29-11-23(12-29)16-5-4-13(6-14(16)10-31-23)19-9-22(2,32-28-19)15-7-17(24)20(26)18(25)8-15/h4-8H,3,9-12H2,1-2H3,(H,27,30). The number of benzene rings is 2. The average molecular weight is 494 g/mol. The lowest BCUT2D eigenvalue weighted by Gasteiger charge is -2.47. The van der Waals surface area contributed by atoms with Crippen LogP contribution in [0.3, 0.4) is 0 Å². The zero-order valence-corrected chi connectivity index (χ0v) is 20.0. The van der Waals surface area contributed by atoms with Crippen LogP contribution in [-0.4, -0.2) is 36.3 Å². The van der Waals surface area contributed by atoms with E-state index < -0.39 is 11.4 Å². The molecule has 1 N–H and O–H groups in total. The third-order valence-electron chi connectivity index (χ3n) is 6.40. The Morgan fingerprint density at radius 1 is 1.28 bits per heavy atom. The van der Waals surface area contributed by atoms with Crippen molar-refractivity contribution >= 4 is 46.9 Å². The van der Waals surface area contributed by atoms with Crippen LogP contribution in [-0.2, 0) is 21.7 Å². The number of hydrogen-bond acceptors (Lipinski definition) is 4. The maximum atomic E-state index is 13.9. The molecule has 1 saturated heterocycles. The van der Waals surface area contributed by atoms with Gasteiger partial charge in [0.25, 0.3) is 0 Å². The zero-order valence-electron chi connectivity index (χ0n) is 17.7. The zero-order chi connectivity index (χ0) is 22.7. The third-order valence-corrected chi connectivity index (χ3v) is 8.04. The third kappa shape index (κ3) is 3.50. The van der Waals surface area contributed by atoms with E-state index in [9.17, 15) is 9.18 Å². The summed E-state index contributed by atoms with van der Waals surface area (Å²) in [5, 5.41) is 2.87. The molecule has 3 aliphatic heterocycles. The van der Waals surface area contributed by atoms with Crippen molar-refractivity contribution in [2.45, 2.75) is 37.2 Å². The first-order valence-corrected chi connectivity index (χ1v) is 12.0. The molecule has 0 aromatic heterocycles. The van der Waals surface area contributed by atoms with Crippen LogP contribution in [0.1, 0.15) is 42.5 Å². The Labute approximate surface area is 200 Å². The van der Waals surface area contributed by atoms with Crippen LogP contribution in [0.15, 0.2) is 34.7 Å². The Hall–Kier alpha value is -1.80. The molecule has 1 atom stereocenters. The minimum absolute atomic E-state index is 0.0184. The predicted octanol–water partition coefficient (Wildman–Crippen LogP) is 5.66. The monoisotopic (exact) mass is 493 g/mol. The van der Waals surface area contributed by atoms with Crippen molar-refractivity contribution < 1.29 is 13.9 Å². The first-order valence-electron chi connectivity index (χ1n) is 10.5. The number of hydrogen-bond donors (Lipinski definition) is 1. The lowest BCUT2D eigenvalue weighted by atomic mass is 9.84. The quantitative estimate of drug-likeness (QED) is 0.443. The molecule has 0 radical (unpaired) electrons. The van der Waals surface area contributed by atoms with Gasteiger partial charge in [-0.15, -0.1) is 0 Å². The Morgan fingerprint density at radius 2 is 2.00 bits per heavy atom. The summed E-state index contributed by atoms with van der Waals surface area (Å²) >= 11 is 13.5. The second-order valence-electron chi connectivity index (χ2n) is 8.64. The highest BCUT2D eigenvalue weighted by Gasteiger charge is 2.51. The molecular formula is C23H22Cl2FN3O2S. The maximum absolute atomic E-state index is 13.9. The van der Waals surface area contributed by atoms with Gasteiger partial charge >= 0.3 is 6.03 Å². The summed E-state index contributed by atoms with van der Waals surface area (Å²) in [7, 11) is 0. The number of carbonyl (C=O) groups excluding carboxylic acids is 1. The molecule has 2 amide bonds. The molecule has 0 aliphatic carbocycles. The number of urea groups is 1. The Balaban J connectivity index is 1.33. The van der Waals surface area contributed by atoms with Gasteiger partial charge in [-0.1, -0.05) is 35.3 Å². The largest absolute Gasteiger partial charge is 0.362 e. The van der Waals surface area contributed by atoms with E-state index in [-0.39, 0.29) is 20.8 Å². The van der Waals surface area contributed by atoms with Crippen molar-refractivity contribution in [1.29, 1.82) is 0 Å². The Bertz CT molecular complexity index is 1130. The van der Waals surface area contributed by atoms with Crippen molar-refractivity contribution in [3.63, 3.8) is 0 Å². The molecule has 1 unspecified atom stereocenters. The van der Waals surface area contributed by atoms with E-state index in [2.05, 4.69) is 30.4 Å². The van der Waals surface area contributed by atoms with Crippen molar-refractivity contribution in [1.82, 2.24) is 10.2 Å². The minimum Gasteiger partial charge on any atom is -0.362 e. The molecule has 2 aromatic carbocycles. The molecule has 0 bridgehead atoms. The molecule has 9 heteroatoms. The number of nitrogens with zero attached hydrogens (tertiary/aromatic N) is 2. The van der Waals surface area contributed by atoms with Crippen LogP contribution in [0.25, 0.3) is 0 Å². The molecule has 3 aliphatic rings. The van der Waals surface area contributed by atoms with Crippen LogP contribution < -0.4 is 5.32 Å². The minimum atomic E-state index is -0.598. The van der Waals surface area contributed by atoms with Gasteiger partial charge in [0.15, 0.2) is 5.82 Å². The highest BCUT2D eigenvalue weighted by atomic mass is 35.5. The number of halogens is 3. The van der Waals surface area contributed by atoms with E-state index in [4.69, 9.17) is 32.3 Å². The fourth-order valence-electron chi connectivity index (χ4n) is 4.58. The van der Waals surface area contributed by atoms with E-state index in [0.29, 0.717) is 32.7 Å². The summed E-state index contributed by atoms with van der Waals surface area (Å²) in [6, 6.07) is 9.51. The van der Waals surface area contributed by atoms with Crippen LogP contribution >= 0.6 is 35.1 Å². The molecular weight excluding hydrogens is 472 g/mol. The summed E-state index contributed by atoms with van der Waals surface area (Å²) < 4.78 is 24.3. The van der Waals surface area contributed by atoms with Crippen LogP contribution in [0.2, 0.25) is 10.0 Å². The van der Waals surface area contributed by atoms with Gasteiger partial charge in [0.1, 0.15) is 5.60 Å². The predicted molar refractivity (Wildman–Crippen MR) is 126 cm³/mol. The Morgan fingerprint density at radius 3 is 2.69 bits per heavy atom. The van der Waals surface area contributed by atoms with Gasteiger partial charge in [-0.3, -0.25) is 0 Å². The first-order chi connectivity index (χ1) is 15.2. The summed E-state index contributed by atoms with van der Waals surface area (Å²) in [6.45, 7) is 6.22. The normalized spacial score (nSPS) is 23.2. The van der Waals surface area contributed by atoms with Gasteiger partial charge in [0.05, 0.1) is 40.2 Å². The summed E-state index contributed by atoms with van der Waals surface area (Å²) in [6.07, 6.45) is 0.672. The molecule has 0 saturated carbocycles. The van der Waals surface area contributed by atoms with Crippen LogP contribution in [0.4, 0.5) is 9.18 Å². The van der Waals surface area contributed by atoms with Gasteiger partial charge < -0.3 is 15.0 Å². The number of amides is 2. The molecule has 3 heterocycles. The van der Waals surface area contributed by atoms with Gasteiger partial charge in [-0.05, 0) is 66.2 Å². The number of nitrogens with one attached hydrogen (secondary N) is 1. The molecule has 1 fully saturated rings. The SMILES string of the molecule is CCNC(=O)N1CC2(C1)OCc1cc(C3=NSC(C)(c4cc(Cl)c(F)c(Cl)c4)C3)ccc12. The van der Waals surface area contributed by atoms with Crippen LogP contribution in [0, 0.1) is 5.82 Å². The number of rotatable bonds is 3. The smallest absolute Gasteiger partial charge is 0.317 e. The summed E-state index contributed by atoms with van der Waals surface area (Å²) in [4.78, 5) is 13.8. The molecule has 1 spiro atoms. The fraction of sp³-hybridized carbons (Fsp3) is 0.391. The van der Waals surface area contributed by atoms with E-state index in [1.807, 2.05) is 6.92 Å². The van der Waals surface area contributed by atoms with Gasteiger partial charge in [-0.25, -0.2) is 13.6 Å². The fourth-order valence-corrected chi connectivity index (χ4v) is 5.97. The number of likely N-dealkylation sites (tertiary alicyclic amines) is 1. The van der Waals surface area contributed by atoms with Crippen molar-refractivity contribution in [2.75, 3.05) is 19.6 Å². The number of ether oxygens (including phenoxy) is 1. The summed E-state index contributed by atoms with van der Waals surface area (Å²) in [5.74, 6) is -0.598.